The Kier molecular flexibility index (Phi) is 3.52. The maximum absolute atomic E-state index is 11.9. The first kappa shape index (κ1) is 12.0. The number of amides is 1. The molecule has 0 aliphatic rings. The van der Waals surface area contributed by atoms with E-state index < -0.39 is 5.91 Å². The summed E-state index contributed by atoms with van der Waals surface area (Å²) in [6.07, 6.45) is 3.12. The summed E-state index contributed by atoms with van der Waals surface area (Å²) in [6.45, 7) is 1.82. The first-order valence-corrected chi connectivity index (χ1v) is 5.54. The minimum absolute atomic E-state index is 0.0141. The molecule has 2 N–H and O–H groups in total. The quantitative estimate of drug-likeness (QED) is 0.859. The largest absolute Gasteiger partial charge is 0.505 e. The van der Waals surface area contributed by atoms with Gasteiger partial charge in [0.05, 0.1) is 11.7 Å². The van der Waals surface area contributed by atoms with Gasteiger partial charge in [-0.05, 0) is 31.2 Å². The number of nitrogens with one attached hydrogen (secondary N) is 1. The van der Waals surface area contributed by atoms with Crippen LogP contribution in [-0.4, -0.2) is 21.0 Å². The van der Waals surface area contributed by atoms with Crippen LogP contribution in [-0.2, 0) is 0 Å². The van der Waals surface area contributed by atoms with E-state index in [1.54, 1.807) is 12.3 Å². The molecule has 0 fully saturated rings. The lowest BCUT2D eigenvalue weighted by Crippen LogP contribution is -2.27. The average Bonchev–Trinajstić information content (AvgIpc) is 2.40. The Morgan fingerprint density at radius 1 is 1.22 bits per heavy atom. The molecule has 92 valence electrons. The SMILES string of the molecule is CC(NC(=O)c1ncccc1O)c1ccccn1. The van der Waals surface area contributed by atoms with E-state index in [-0.39, 0.29) is 17.5 Å². The van der Waals surface area contributed by atoms with Gasteiger partial charge in [0.15, 0.2) is 5.69 Å². The maximum atomic E-state index is 11.9. The Balaban J connectivity index is 2.11. The van der Waals surface area contributed by atoms with Crippen LogP contribution in [0.3, 0.4) is 0 Å². The number of pyridine rings is 2. The predicted molar refractivity (Wildman–Crippen MR) is 66.0 cm³/mol. The Labute approximate surface area is 105 Å². The van der Waals surface area contributed by atoms with Crippen molar-refractivity contribution in [2.45, 2.75) is 13.0 Å². The third-order valence-corrected chi connectivity index (χ3v) is 2.48. The summed E-state index contributed by atoms with van der Waals surface area (Å²) in [5.41, 5.74) is 0.765. The predicted octanol–water partition coefficient (Wildman–Crippen LogP) is 1.67. The Morgan fingerprint density at radius 2 is 2.00 bits per heavy atom. The van der Waals surface area contributed by atoms with Gasteiger partial charge in [0.2, 0.25) is 0 Å². The van der Waals surface area contributed by atoms with Gasteiger partial charge in [0, 0.05) is 12.4 Å². The summed E-state index contributed by atoms with van der Waals surface area (Å²) >= 11 is 0. The fourth-order valence-electron chi connectivity index (χ4n) is 1.54. The van der Waals surface area contributed by atoms with Gasteiger partial charge in [0.1, 0.15) is 5.75 Å². The molecule has 18 heavy (non-hydrogen) atoms. The molecule has 1 amide bonds. The zero-order chi connectivity index (χ0) is 13.0. The van der Waals surface area contributed by atoms with Crippen molar-refractivity contribution in [2.75, 3.05) is 0 Å². The Hall–Kier alpha value is -2.43. The van der Waals surface area contributed by atoms with Crippen molar-refractivity contribution >= 4 is 5.91 Å². The molecule has 5 heteroatoms. The van der Waals surface area contributed by atoms with Crippen molar-refractivity contribution in [3.05, 3.63) is 54.1 Å². The average molecular weight is 243 g/mol. The molecule has 1 unspecified atom stereocenters. The highest BCUT2D eigenvalue weighted by Crippen LogP contribution is 2.14. The van der Waals surface area contributed by atoms with Crippen molar-refractivity contribution in [3.8, 4) is 5.75 Å². The van der Waals surface area contributed by atoms with Gasteiger partial charge in [-0.1, -0.05) is 6.07 Å². The Bertz CT molecular complexity index is 543. The summed E-state index contributed by atoms with van der Waals surface area (Å²) < 4.78 is 0. The van der Waals surface area contributed by atoms with Gasteiger partial charge < -0.3 is 10.4 Å². The standard InChI is InChI=1S/C13H13N3O2/c1-9(10-5-2-3-7-14-10)16-13(18)12-11(17)6-4-8-15-12/h2-9,17H,1H3,(H,16,18). The van der Waals surface area contributed by atoms with Gasteiger partial charge >= 0.3 is 0 Å². The molecule has 2 heterocycles. The van der Waals surface area contributed by atoms with E-state index in [0.717, 1.165) is 5.69 Å². The zero-order valence-corrected chi connectivity index (χ0v) is 9.87. The lowest BCUT2D eigenvalue weighted by molar-refractivity contribution is 0.0931. The molecule has 0 bridgehead atoms. The van der Waals surface area contributed by atoms with Crippen molar-refractivity contribution in [1.82, 2.24) is 15.3 Å². The van der Waals surface area contributed by atoms with E-state index in [1.807, 2.05) is 25.1 Å². The maximum Gasteiger partial charge on any atom is 0.274 e. The number of hydrogen-bond donors (Lipinski definition) is 2. The summed E-state index contributed by atoms with van der Waals surface area (Å²) in [4.78, 5) is 19.9. The normalized spacial score (nSPS) is 11.8. The van der Waals surface area contributed by atoms with Gasteiger partial charge in [-0.3, -0.25) is 9.78 Å². The van der Waals surface area contributed by atoms with Crippen molar-refractivity contribution < 1.29 is 9.90 Å². The van der Waals surface area contributed by atoms with Crippen LogP contribution in [0.2, 0.25) is 0 Å². The number of hydrogen-bond acceptors (Lipinski definition) is 4. The molecule has 2 aromatic heterocycles. The topological polar surface area (TPSA) is 75.1 Å². The Morgan fingerprint density at radius 3 is 2.67 bits per heavy atom. The van der Waals surface area contributed by atoms with Crippen LogP contribution in [0.25, 0.3) is 0 Å². The number of rotatable bonds is 3. The second-order valence-corrected chi connectivity index (χ2v) is 3.82. The lowest BCUT2D eigenvalue weighted by Gasteiger charge is -2.13. The number of carbonyl (C=O) groups is 1. The summed E-state index contributed by atoms with van der Waals surface area (Å²) in [6, 6.07) is 8.22. The summed E-state index contributed by atoms with van der Waals surface area (Å²) in [7, 11) is 0. The first-order valence-electron chi connectivity index (χ1n) is 5.54. The van der Waals surface area contributed by atoms with E-state index in [2.05, 4.69) is 15.3 Å². The minimum Gasteiger partial charge on any atom is -0.505 e. The number of aromatic hydroxyl groups is 1. The molecule has 0 aliphatic carbocycles. The van der Waals surface area contributed by atoms with Gasteiger partial charge in [-0.15, -0.1) is 0 Å². The van der Waals surface area contributed by atoms with E-state index in [1.165, 1.54) is 12.3 Å². The first-order chi connectivity index (χ1) is 8.68. The van der Waals surface area contributed by atoms with Crippen molar-refractivity contribution in [3.63, 3.8) is 0 Å². The molecular formula is C13H13N3O2. The summed E-state index contributed by atoms with van der Waals surface area (Å²) in [5.74, 6) is -0.561. The molecule has 2 rings (SSSR count). The van der Waals surface area contributed by atoms with Crippen LogP contribution in [0.1, 0.15) is 29.1 Å². The highest BCUT2D eigenvalue weighted by atomic mass is 16.3. The van der Waals surface area contributed by atoms with Crippen molar-refractivity contribution in [1.29, 1.82) is 0 Å². The van der Waals surface area contributed by atoms with E-state index in [9.17, 15) is 9.90 Å². The van der Waals surface area contributed by atoms with Crippen LogP contribution in [0.4, 0.5) is 0 Å². The molecule has 0 saturated carbocycles. The second kappa shape index (κ2) is 5.27. The van der Waals surface area contributed by atoms with Crippen LogP contribution in [0, 0.1) is 0 Å². The molecule has 0 aromatic carbocycles. The molecular weight excluding hydrogens is 230 g/mol. The van der Waals surface area contributed by atoms with Crippen LogP contribution < -0.4 is 5.32 Å². The molecule has 0 radical (unpaired) electrons. The molecule has 0 spiro atoms. The third-order valence-electron chi connectivity index (χ3n) is 2.48. The van der Waals surface area contributed by atoms with Gasteiger partial charge in [0.25, 0.3) is 5.91 Å². The molecule has 1 atom stereocenters. The van der Waals surface area contributed by atoms with Crippen LogP contribution in [0.15, 0.2) is 42.7 Å². The zero-order valence-electron chi connectivity index (χ0n) is 9.87. The van der Waals surface area contributed by atoms with Gasteiger partial charge in [-0.25, -0.2) is 4.98 Å². The molecule has 0 saturated heterocycles. The number of aromatic nitrogens is 2. The van der Waals surface area contributed by atoms with E-state index >= 15 is 0 Å². The van der Waals surface area contributed by atoms with Gasteiger partial charge in [-0.2, -0.15) is 0 Å². The number of carbonyl (C=O) groups excluding carboxylic acids is 1. The van der Waals surface area contributed by atoms with Crippen LogP contribution >= 0.6 is 0 Å². The van der Waals surface area contributed by atoms with Crippen LogP contribution in [0.5, 0.6) is 5.75 Å². The highest BCUT2D eigenvalue weighted by molar-refractivity contribution is 5.94. The van der Waals surface area contributed by atoms with Crippen molar-refractivity contribution in [2.24, 2.45) is 0 Å². The molecule has 0 aliphatic heterocycles. The lowest BCUT2D eigenvalue weighted by atomic mass is 10.2. The smallest absolute Gasteiger partial charge is 0.274 e. The fourth-order valence-corrected chi connectivity index (χ4v) is 1.54. The minimum atomic E-state index is -0.425. The third kappa shape index (κ3) is 2.63. The fraction of sp³-hybridized carbons (Fsp3) is 0.154. The highest BCUT2D eigenvalue weighted by Gasteiger charge is 2.15. The number of nitrogens with zero attached hydrogens (tertiary/aromatic N) is 2. The molecule has 5 nitrogen and oxygen atoms in total. The monoisotopic (exact) mass is 243 g/mol. The van der Waals surface area contributed by atoms with E-state index in [0.29, 0.717) is 0 Å². The summed E-state index contributed by atoms with van der Waals surface area (Å²) in [5, 5.41) is 12.3. The molecule has 2 aromatic rings. The second-order valence-electron chi connectivity index (χ2n) is 3.82. The van der Waals surface area contributed by atoms with E-state index in [4.69, 9.17) is 0 Å².